The van der Waals surface area contributed by atoms with Gasteiger partial charge in [0.05, 0.1) is 24.1 Å². The lowest BCUT2D eigenvalue weighted by Gasteiger charge is -2.25. The summed E-state index contributed by atoms with van der Waals surface area (Å²) >= 11 is 0. The number of hydrogen-bond donors (Lipinski definition) is 0. The van der Waals surface area contributed by atoms with Gasteiger partial charge in [-0.25, -0.2) is 14.8 Å². The number of rotatable bonds is 5. The highest BCUT2D eigenvalue weighted by Crippen LogP contribution is 2.35. The molecule has 0 saturated heterocycles. The number of fused-ring (bicyclic) bond motifs is 2. The minimum Gasteiger partial charge on any atom is -0.465 e. The second-order valence-electron chi connectivity index (χ2n) is 7.44. The molecule has 2 aromatic heterocycles. The zero-order chi connectivity index (χ0) is 22.5. The molecule has 0 saturated carbocycles. The third-order valence-electron chi connectivity index (χ3n) is 5.52. The van der Waals surface area contributed by atoms with Gasteiger partial charge in [0.1, 0.15) is 5.69 Å². The fraction of sp³-hybridized carbons (Fsp3) is 0.360. The third kappa shape index (κ3) is 4.58. The summed E-state index contributed by atoms with van der Waals surface area (Å²) in [5, 5.41) is 0. The topological polar surface area (TPSA) is 73.6 Å². The summed E-state index contributed by atoms with van der Waals surface area (Å²) in [6.45, 7) is 9.73. The molecular weight excluding hydrogens is 390 g/mol. The predicted molar refractivity (Wildman–Crippen MR) is 124 cm³/mol. The number of Topliss-reactive ketones (excluding diaryl/α,β-unsaturated/α-hetero) is 1. The van der Waals surface area contributed by atoms with Gasteiger partial charge in [0, 0.05) is 14.0 Å². The Labute approximate surface area is 184 Å². The van der Waals surface area contributed by atoms with Gasteiger partial charge in [-0.15, -0.1) is 0 Å². The van der Waals surface area contributed by atoms with Crippen LogP contribution in [-0.2, 0) is 11.2 Å². The van der Waals surface area contributed by atoms with Gasteiger partial charge in [0.25, 0.3) is 0 Å². The number of carbonyl (C=O) groups excluding carboxylic acids is 2. The molecule has 0 amide bonds. The smallest absolute Gasteiger partial charge is 0.337 e. The molecule has 1 unspecified atom stereocenters. The summed E-state index contributed by atoms with van der Waals surface area (Å²) in [7, 11) is 1.38. The normalized spacial score (nSPS) is 14.9. The number of methoxy groups -OCH3 is 1. The number of aromatic nitrogens is 3. The lowest BCUT2D eigenvalue weighted by molar-refractivity contribution is 0.0600. The van der Waals surface area contributed by atoms with Crippen LogP contribution in [0.1, 0.15) is 83.8 Å². The van der Waals surface area contributed by atoms with Gasteiger partial charge in [-0.1, -0.05) is 26.5 Å². The Bertz CT molecular complexity index is 1140. The van der Waals surface area contributed by atoms with Crippen LogP contribution >= 0.6 is 0 Å². The number of aryl methyl sites for hydroxylation is 2. The molecule has 0 aliphatic heterocycles. The van der Waals surface area contributed by atoms with Crippen molar-refractivity contribution in [3.05, 3.63) is 70.8 Å². The first-order chi connectivity index (χ1) is 15.0. The molecule has 1 aliphatic carbocycles. The van der Waals surface area contributed by atoms with Crippen molar-refractivity contribution in [2.45, 2.75) is 52.4 Å². The molecule has 164 valence electrons. The summed E-state index contributed by atoms with van der Waals surface area (Å²) in [6.07, 6.45) is 6.79. The summed E-state index contributed by atoms with van der Waals surface area (Å²) < 4.78 is 6.65. The number of carbonyl (C=O) groups is 2. The Kier molecular flexibility index (Phi) is 7.00. The Morgan fingerprint density at radius 1 is 1.29 bits per heavy atom. The van der Waals surface area contributed by atoms with Crippen molar-refractivity contribution in [3.63, 3.8) is 0 Å². The lowest BCUT2D eigenvalue weighted by atomic mass is 9.79. The molecule has 1 aromatic carbocycles. The number of nitrogens with zero attached hydrogens (tertiary/aromatic N) is 3. The minimum absolute atomic E-state index is 0. The van der Waals surface area contributed by atoms with Crippen molar-refractivity contribution in [2.24, 2.45) is 0 Å². The summed E-state index contributed by atoms with van der Waals surface area (Å²) in [4.78, 5) is 33.7. The fourth-order valence-electron chi connectivity index (χ4n) is 4.10. The Balaban J connectivity index is 0.00000118. The second-order valence-corrected chi connectivity index (χ2v) is 7.44. The molecule has 0 radical (unpaired) electrons. The van der Waals surface area contributed by atoms with Gasteiger partial charge in [-0.3, -0.25) is 9.20 Å². The molecule has 31 heavy (non-hydrogen) atoms. The fourth-order valence-corrected chi connectivity index (χ4v) is 4.10. The van der Waals surface area contributed by atoms with E-state index in [1.807, 2.05) is 43.5 Å². The first kappa shape index (κ1) is 22.4. The van der Waals surface area contributed by atoms with Crippen LogP contribution in [0, 0.1) is 6.92 Å². The molecule has 4 rings (SSSR count). The van der Waals surface area contributed by atoms with E-state index in [0.717, 1.165) is 41.8 Å². The number of benzene rings is 1. The summed E-state index contributed by atoms with van der Waals surface area (Å²) in [5.41, 5.74) is 4.86. The van der Waals surface area contributed by atoms with Crippen molar-refractivity contribution in [1.82, 2.24) is 14.4 Å². The zero-order valence-electron chi connectivity index (χ0n) is 18.6. The molecule has 3 aromatic rings. The van der Waals surface area contributed by atoms with Gasteiger partial charge < -0.3 is 4.74 Å². The average Bonchev–Trinajstić information content (AvgIpc) is 3.19. The van der Waals surface area contributed by atoms with Crippen molar-refractivity contribution in [1.29, 1.82) is 0 Å². The van der Waals surface area contributed by atoms with E-state index in [1.165, 1.54) is 7.11 Å². The van der Waals surface area contributed by atoms with E-state index in [2.05, 4.69) is 16.5 Å². The predicted octanol–water partition coefficient (Wildman–Crippen LogP) is 5.43. The number of ether oxygens (including phenoxy) is 1. The maximum Gasteiger partial charge on any atom is 0.337 e. The maximum absolute atomic E-state index is 13.1. The monoisotopic (exact) mass is 421 g/mol. The van der Waals surface area contributed by atoms with E-state index >= 15 is 0 Å². The second kappa shape index (κ2) is 9.69. The van der Waals surface area contributed by atoms with Gasteiger partial charge in [-0.2, -0.15) is 0 Å². The van der Waals surface area contributed by atoms with E-state index in [1.54, 1.807) is 18.2 Å². The number of hydrogen-bond acceptors (Lipinski definition) is 5. The van der Waals surface area contributed by atoms with Crippen LogP contribution in [-0.4, -0.2) is 33.2 Å². The Morgan fingerprint density at radius 2 is 2.06 bits per heavy atom. The van der Waals surface area contributed by atoms with Crippen LogP contribution < -0.4 is 0 Å². The molecule has 0 fully saturated rings. The van der Waals surface area contributed by atoms with Crippen molar-refractivity contribution in [3.8, 4) is 0 Å². The molecule has 1 aliphatic rings. The third-order valence-corrected chi connectivity index (χ3v) is 5.52. The average molecular weight is 422 g/mol. The van der Waals surface area contributed by atoms with E-state index in [-0.39, 0.29) is 19.1 Å². The molecule has 2 heterocycles. The van der Waals surface area contributed by atoms with Crippen LogP contribution in [0.3, 0.4) is 0 Å². The molecule has 0 bridgehead atoms. The minimum atomic E-state index is -0.338. The Hall–Kier alpha value is -3.28. The van der Waals surface area contributed by atoms with Crippen molar-refractivity contribution >= 4 is 23.6 Å². The Morgan fingerprint density at radius 3 is 2.77 bits per heavy atom. The first-order valence-electron chi connectivity index (χ1n) is 10.7. The van der Waals surface area contributed by atoms with Crippen molar-refractivity contribution < 1.29 is 15.8 Å². The number of esters is 1. The summed E-state index contributed by atoms with van der Waals surface area (Å²) in [6, 6.07) is 7.40. The van der Waals surface area contributed by atoms with Gasteiger partial charge >= 0.3 is 5.97 Å². The highest BCUT2D eigenvalue weighted by atomic mass is 16.5. The van der Waals surface area contributed by atoms with Crippen LogP contribution in [0.4, 0.5) is 0 Å². The van der Waals surface area contributed by atoms with Crippen LogP contribution in [0.2, 0.25) is 0 Å². The standard InChI is InChI=1S/C23H23N3O3.C2H6.H2/c1-4-18-12-20(25-23-24-14(2)13-26(18)23)21(27)11-16-7-5-6-15-10-17(22(28)29-3)8-9-19(15)16;1-2;/h4,8-10,12-13,16H,1,5-7,11H2,2-3H3;1-2H3;1H. The molecule has 1 atom stereocenters. The number of imidazole rings is 1. The summed E-state index contributed by atoms with van der Waals surface area (Å²) in [5.74, 6) is 0.279. The highest BCUT2D eigenvalue weighted by molar-refractivity contribution is 5.95. The quantitative estimate of drug-likeness (QED) is 0.405. The van der Waals surface area contributed by atoms with Crippen LogP contribution in [0.15, 0.2) is 37.0 Å². The lowest BCUT2D eigenvalue weighted by Crippen LogP contribution is -2.16. The van der Waals surface area contributed by atoms with Gasteiger partial charge in [0.2, 0.25) is 5.78 Å². The zero-order valence-corrected chi connectivity index (χ0v) is 18.6. The van der Waals surface area contributed by atoms with E-state index < -0.39 is 0 Å². The van der Waals surface area contributed by atoms with E-state index in [0.29, 0.717) is 23.5 Å². The maximum atomic E-state index is 13.1. The van der Waals surface area contributed by atoms with Gasteiger partial charge in [0.15, 0.2) is 5.78 Å². The first-order valence-corrected chi connectivity index (χ1v) is 10.7. The van der Waals surface area contributed by atoms with Gasteiger partial charge in [-0.05, 0) is 67.5 Å². The van der Waals surface area contributed by atoms with Crippen molar-refractivity contribution in [2.75, 3.05) is 7.11 Å². The largest absolute Gasteiger partial charge is 0.465 e. The van der Waals surface area contributed by atoms with Crippen LogP contribution in [0.25, 0.3) is 11.9 Å². The van der Waals surface area contributed by atoms with E-state index in [4.69, 9.17) is 4.74 Å². The SMILES string of the molecule is C=Cc1cc(C(=O)CC2CCCc3cc(C(=O)OC)ccc32)nc2nc(C)cn12.CC.[HH]. The highest BCUT2D eigenvalue weighted by Gasteiger charge is 2.25. The van der Waals surface area contributed by atoms with Crippen LogP contribution in [0.5, 0.6) is 0 Å². The molecule has 6 nitrogen and oxygen atoms in total. The van der Waals surface area contributed by atoms with E-state index in [9.17, 15) is 9.59 Å². The molecule has 0 spiro atoms. The molecular formula is C25H31N3O3. The molecule has 6 heteroatoms. The number of ketones is 1. The molecule has 0 N–H and O–H groups in total.